The van der Waals surface area contributed by atoms with Crippen molar-refractivity contribution in [3.05, 3.63) is 22.7 Å². The van der Waals surface area contributed by atoms with Gasteiger partial charge in [-0.05, 0) is 47.8 Å². The summed E-state index contributed by atoms with van der Waals surface area (Å²) in [4.78, 5) is 13.4. The van der Waals surface area contributed by atoms with E-state index in [2.05, 4.69) is 21.2 Å². The number of piperidine rings is 1. The molecule has 1 aliphatic heterocycles. The van der Waals surface area contributed by atoms with Gasteiger partial charge in [-0.3, -0.25) is 0 Å². The number of carbonyl (C=O) groups excluding carboxylic acids is 1. The van der Waals surface area contributed by atoms with Gasteiger partial charge in [-0.1, -0.05) is 0 Å². The molecule has 0 radical (unpaired) electrons. The van der Waals surface area contributed by atoms with Crippen LogP contribution in [0.3, 0.4) is 0 Å². The Hall–Kier alpha value is -1.43. The summed E-state index contributed by atoms with van der Waals surface area (Å²) in [6.07, 6.45) is 1.60. The van der Waals surface area contributed by atoms with Gasteiger partial charge in [0, 0.05) is 29.7 Å². The maximum Gasteiger partial charge on any atom is 0.409 e. The number of halogens is 1. The first-order valence-corrected chi connectivity index (χ1v) is 7.95. The minimum Gasteiger partial charge on any atom is -0.497 e. The molecule has 1 amide bonds. The van der Waals surface area contributed by atoms with Gasteiger partial charge in [-0.15, -0.1) is 0 Å². The van der Waals surface area contributed by atoms with Crippen LogP contribution >= 0.6 is 15.9 Å². The number of hydrogen-bond acceptors (Lipinski definition) is 4. The summed E-state index contributed by atoms with van der Waals surface area (Å²) in [6, 6.07) is 6.20. The average molecular weight is 357 g/mol. The lowest BCUT2D eigenvalue weighted by molar-refractivity contribution is 0.0983. The number of methoxy groups -OCH3 is 1. The molecule has 0 bridgehead atoms. The number of likely N-dealkylation sites (tertiary alicyclic amines) is 1. The van der Waals surface area contributed by atoms with E-state index in [1.54, 1.807) is 12.0 Å². The molecule has 1 saturated heterocycles. The quantitative estimate of drug-likeness (QED) is 0.896. The molecule has 5 nitrogen and oxygen atoms in total. The minimum absolute atomic E-state index is 0.210. The molecule has 6 heteroatoms. The van der Waals surface area contributed by atoms with E-state index in [-0.39, 0.29) is 6.09 Å². The van der Waals surface area contributed by atoms with E-state index in [1.165, 1.54) is 0 Å². The van der Waals surface area contributed by atoms with Gasteiger partial charge in [0.05, 0.1) is 19.4 Å². The van der Waals surface area contributed by atoms with Crippen molar-refractivity contribution in [3.63, 3.8) is 0 Å². The predicted octanol–water partition coefficient (Wildman–Crippen LogP) is 3.49. The largest absolute Gasteiger partial charge is 0.497 e. The second kappa shape index (κ2) is 7.54. The predicted molar refractivity (Wildman–Crippen MR) is 85.9 cm³/mol. The Kier molecular flexibility index (Phi) is 5.73. The van der Waals surface area contributed by atoms with Crippen molar-refractivity contribution < 1.29 is 14.3 Å². The van der Waals surface area contributed by atoms with Gasteiger partial charge in [0.15, 0.2) is 0 Å². The van der Waals surface area contributed by atoms with Crippen LogP contribution in [-0.2, 0) is 4.74 Å². The first-order chi connectivity index (χ1) is 10.1. The van der Waals surface area contributed by atoms with Gasteiger partial charge in [-0.2, -0.15) is 0 Å². The first-order valence-electron chi connectivity index (χ1n) is 7.15. The van der Waals surface area contributed by atoms with Gasteiger partial charge in [0.25, 0.3) is 0 Å². The Morgan fingerprint density at radius 2 is 2.14 bits per heavy atom. The summed E-state index contributed by atoms with van der Waals surface area (Å²) in [5.74, 6) is 0.824. The molecule has 0 aliphatic carbocycles. The fourth-order valence-electron chi connectivity index (χ4n) is 2.38. The Morgan fingerprint density at radius 1 is 1.43 bits per heavy atom. The maximum absolute atomic E-state index is 11.7. The van der Waals surface area contributed by atoms with Gasteiger partial charge in [-0.25, -0.2) is 4.79 Å². The number of hydrogen-bond donors (Lipinski definition) is 1. The Balaban J connectivity index is 1.90. The summed E-state index contributed by atoms with van der Waals surface area (Å²) >= 11 is 3.54. The molecule has 1 aliphatic rings. The molecule has 2 rings (SSSR count). The van der Waals surface area contributed by atoms with Crippen molar-refractivity contribution >= 4 is 27.7 Å². The number of amides is 1. The van der Waals surface area contributed by atoms with E-state index in [1.807, 2.05) is 25.1 Å². The van der Waals surface area contributed by atoms with Crippen LogP contribution in [0.2, 0.25) is 0 Å². The summed E-state index contributed by atoms with van der Waals surface area (Å²) in [5.41, 5.74) is 1.02. The van der Waals surface area contributed by atoms with E-state index in [9.17, 15) is 4.79 Å². The summed E-state index contributed by atoms with van der Waals surface area (Å²) < 4.78 is 11.3. The van der Waals surface area contributed by atoms with Crippen LogP contribution in [0, 0.1) is 0 Å². The van der Waals surface area contributed by atoms with Gasteiger partial charge in [0.2, 0.25) is 0 Å². The van der Waals surface area contributed by atoms with Crippen LogP contribution in [0.1, 0.15) is 19.8 Å². The Bertz CT molecular complexity index is 488. The van der Waals surface area contributed by atoms with E-state index in [0.29, 0.717) is 12.6 Å². The number of carbonyl (C=O) groups is 1. The van der Waals surface area contributed by atoms with E-state index in [4.69, 9.17) is 9.47 Å². The molecule has 1 aromatic rings. The van der Waals surface area contributed by atoms with Crippen LogP contribution in [0.5, 0.6) is 5.75 Å². The van der Waals surface area contributed by atoms with Gasteiger partial charge in [0.1, 0.15) is 5.75 Å². The highest BCUT2D eigenvalue weighted by atomic mass is 79.9. The van der Waals surface area contributed by atoms with Crippen molar-refractivity contribution in [1.29, 1.82) is 0 Å². The van der Waals surface area contributed by atoms with Gasteiger partial charge < -0.3 is 19.7 Å². The standard InChI is InChI=1S/C15H21BrN2O3/c1-3-21-15(19)18-8-6-11(7-9-18)17-14-10-12(20-2)4-5-13(14)16/h4-5,10-11,17H,3,6-9H2,1-2H3. The third-order valence-electron chi connectivity index (χ3n) is 3.55. The number of nitrogens with one attached hydrogen (secondary N) is 1. The second-order valence-corrected chi connectivity index (χ2v) is 5.80. The van der Waals surface area contributed by atoms with Crippen LogP contribution in [0.4, 0.5) is 10.5 Å². The summed E-state index contributed by atoms with van der Waals surface area (Å²) in [6.45, 7) is 3.69. The zero-order chi connectivity index (χ0) is 15.2. The fraction of sp³-hybridized carbons (Fsp3) is 0.533. The highest BCUT2D eigenvalue weighted by molar-refractivity contribution is 9.10. The van der Waals surface area contributed by atoms with Crippen molar-refractivity contribution in [1.82, 2.24) is 4.90 Å². The molecule has 1 fully saturated rings. The lowest BCUT2D eigenvalue weighted by atomic mass is 10.1. The summed E-state index contributed by atoms with van der Waals surface area (Å²) in [7, 11) is 1.66. The number of anilines is 1. The molecule has 0 saturated carbocycles. The molecule has 0 spiro atoms. The zero-order valence-corrected chi connectivity index (χ0v) is 14.0. The molecule has 0 atom stereocenters. The Labute approximate surface area is 133 Å². The lowest BCUT2D eigenvalue weighted by Gasteiger charge is -2.32. The van der Waals surface area contributed by atoms with Crippen molar-refractivity contribution in [2.75, 3.05) is 32.1 Å². The SMILES string of the molecule is CCOC(=O)N1CCC(Nc2cc(OC)ccc2Br)CC1. The number of benzene rings is 1. The molecule has 21 heavy (non-hydrogen) atoms. The van der Waals surface area contributed by atoms with Crippen LogP contribution in [0.15, 0.2) is 22.7 Å². The van der Waals surface area contributed by atoms with Crippen LogP contribution in [-0.4, -0.2) is 43.8 Å². The van der Waals surface area contributed by atoms with E-state index < -0.39 is 0 Å². The molecule has 1 heterocycles. The average Bonchev–Trinajstić information content (AvgIpc) is 2.50. The highest BCUT2D eigenvalue weighted by Gasteiger charge is 2.23. The monoisotopic (exact) mass is 356 g/mol. The normalized spacial score (nSPS) is 15.7. The minimum atomic E-state index is -0.210. The van der Waals surface area contributed by atoms with Gasteiger partial charge >= 0.3 is 6.09 Å². The van der Waals surface area contributed by atoms with E-state index in [0.717, 1.165) is 41.8 Å². The maximum atomic E-state index is 11.7. The molecule has 116 valence electrons. The topological polar surface area (TPSA) is 50.8 Å². The molecule has 0 aromatic heterocycles. The fourth-order valence-corrected chi connectivity index (χ4v) is 2.74. The van der Waals surface area contributed by atoms with Crippen molar-refractivity contribution in [2.24, 2.45) is 0 Å². The van der Waals surface area contributed by atoms with Crippen molar-refractivity contribution in [3.8, 4) is 5.75 Å². The first kappa shape index (κ1) is 15.9. The lowest BCUT2D eigenvalue weighted by Crippen LogP contribution is -2.42. The highest BCUT2D eigenvalue weighted by Crippen LogP contribution is 2.29. The molecule has 1 N–H and O–H groups in total. The second-order valence-electron chi connectivity index (χ2n) is 4.95. The van der Waals surface area contributed by atoms with E-state index >= 15 is 0 Å². The third-order valence-corrected chi connectivity index (χ3v) is 4.25. The number of rotatable bonds is 4. The molecular weight excluding hydrogens is 336 g/mol. The molecule has 1 aromatic carbocycles. The Morgan fingerprint density at radius 3 is 2.76 bits per heavy atom. The summed E-state index contributed by atoms with van der Waals surface area (Å²) in [5, 5.41) is 3.51. The van der Waals surface area contributed by atoms with Crippen molar-refractivity contribution in [2.45, 2.75) is 25.8 Å². The molecular formula is C15H21BrN2O3. The number of nitrogens with zero attached hydrogens (tertiary/aromatic N) is 1. The zero-order valence-electron chi connectivity index (χ0n) is 12.4. The third kappa shape index (κ3) is 4.27. The van der Waals surface area contributed by atoms with Crippen LogP contribution in [0.25, 0.3) is 0 Å². The molecule has 0 unspecified atom stereocenters. The number of ether oxygens (including phenoxy) is 2. The van der Waals surface area contributed by atoms with Crippen LogP contribution < -0.4 is 10.1 Å². The smallest absolute Gasteiger partial charge is 0.409 e.